The first-order valence-electron chi connectivity index (χ1n) is 3.44. The van der Waals surface area contributed by atoms with E-state index in [1.165, 1.54) is 0 Å². The molecule has 7 nitrogen and oxygen atoms in total. The molecule has 0 rings (SSSR count). The summed E-state index contributed by atoms with van der Waals surface area (Å²) in [6.45, 7) is 0.748. The van der Waals surface area contributed by atoms with Crippen LogP contribution in [0.25, 0.3) is 0 Å². The third kappa shape index (κ3) is 2.36. The maximum absolute atomic E-state index is 10.9. The van der Waals surface area contributed by atoms with Gasteiger partial charge in [-0.25, -0.2) is 4.79 Å². The first-order valence-corrected chi connectivity index (χ1v) is 3.44. The van der Waals surface area contributed by atoms with Crippen LogP contribution in [0.4, 0.5) is 0 Å². The molecule has 0 aromatic rings. The van der Waals surface area contributed by atoms with Crippen molar-refractivity contribution in [3.05, 3.63) is 0 Å². The molecule has 0 aromatic carbocycles. The van der Waals surface area contributed by atoms with Gasteiger partial charge in [0.25, 0.3) is 0 Å². The first kappa shape index (κ1) is 12.2. The average molecular weight is 204 g/mol. The van der Waals surface area contributed by atoms with Crippen LogP contribution in [-0.2, 0) is 19.2 Å². The van der Waals surface area contributed by atoms with E-state index in [0.717, 1.165) is 6.92 Å². The lowest BCUT2D eigenvalue weighted by atomic mass is 9.92. The Morgan fingerprint density at radius 2 is 1.57 bits per heavy atom. The zero-order valence-electron chi connectivity index (χ0n) is 7.18. The number of carbonyl (C=O) groups excluding carboxylic acids is 2. The summed E-state index contributed by atoms with van der Waals surface area (Å²) in [6, 6.07) is 0. The molecule has 0 amide bonds. The summed E-state index contributed by atoms with van der Waals surface area (Å²) in [6.07, 6.45) is -1.35. The van der Waals surface area contributed by atoms with E-state index >= 15 is 0 Å². The van der Waals surface area contributed by atoms with Crippen molar-refractivity contribution in [1.29, 1.82) is 0 Å². The average Bonchev–Trinajstić information content (AvgIpc) is 2.00. The molecule has 1 unspecified atom stereocenters. The van der Waals surface area contributed by atoms with E-state index in [1.807, 2.05) is 0 Å². The van der Waals surface area contributed by atoms with E-state index < -0.39 is 35.5 Å². The second-order valence-corrected chi connectivity index (χ2v) is 2.62. The van der Waals surface area contributed by atoms with Crippen LogP contribution in [-0.4, -0.2) is 44.4 Å². The molecule has 0 aliphatic rings. The predicted octanol–water partition coefficient (Wildman–Crippen LogP) is -1.57. The molecular weight excluding hydrogens is 196 g/mol. The number of rotatable bonds is 5. The summed E-state index contributed by atoms with van der Waals surface area (Å²) < 4.78 is 0. The van der Waals surface area contributed by atoms with Gasteiger partial charge in [-0.3, -0.25) is 14.4 Å². The highest BCUT2D eigenvalue weighted by Crippen LogP contribution is 2.13. The van der Waals surface area contributed by atoms with Crippen molar-refractivity contribution in [1.82, 2.24) is 0 Å². The number of carboxylic acid groups (broad SMARTS) is 2. The first-order chi connectivity index (χ1) is 6.21. The lowest BCUT2D eigenvalue weighted by Gasteiger charge is -2.17. The number of carbonyl (C=O) groups is 4. The summed E-state index contributed by atoms with van der Waals surface area (Å²) in [7, 11) is 0. The zero-order chi connectivity index (χ0) is 11.5. The van der Waals surface area contributed by atoms with Crippen molar-refractivity contribution in [2.45, 2.75) is 18.9 Å². The summed E-state index contributed by atoms with van der Waals surface area (Å²) in [5.74, 6) is -6.60. The summed E-state index contributed by atoms with van der Waals surface area (Å²) >= 11 is 0. The van der Waals surface area contributed by atoms with Gasteiger partial charge in [0.15, 0.2) is 5.78 Å². The van der Waals surface area contributed by atoms with Gasteiger partial charge in [0, 0.05) is 6.92 Å². The van der Waals surface area contributed by atoms with E-state index in [2.05, 4.69) is 0 Å². The highest BCUT2D eigenvalue weighted by atomic mass is 16.4. The molecule has 0 spiro atoms. The number of aliphatic hydroxyl groups is 1. The Kier molecular flexibility index (Phi) is 3.47. The Morgan fingerprint density at radius 1 is 1.14 bits per heavy atom. The molecule has 0 fully saturated rings. The Balaban J connectivity index is 5.10. The van der Waals surface area contributed by atoms with Crippen molar-refractivity contribution in [2.75, 3.05) is 0 Å². The van der Waals surface area contributed by atoms with Gasteiger partial charge >= 0.3 is 11.9 Å². The molecule has 0 aromatic heterocycles. The zero-order valence-corrected chi connectivity index (χ0v) is 7.18. The molecule has 3 N–H and O–H groups in total. The van der Waals surface area contributed by atoms with E-state index in [4.69, 9.17) is 15.3 Å². The molecule has 0 aliphatic carbocycles. The van der Waals surface area contributed by atoms with Crippen LogP contribution in [0.3, 0.4) is 0 Å². The summed E-state index contributed by atoms with van der Waals surface area (Å²) in [4.78, 5) is 42.0. The van der Waals surface area contributed by atoms with Gasteiger partial charge in [0.2, 0.25) is 11.4 Å². The molecule has 0 heterocycles. The second-order valence-electron chi connectivity index (χ2n) is 2.62. The smallest absolute Gasteiger partial charge is 0.344 e. The maximum atomic E-state index is 10.9. The van der Waals surface area contributed by atoms with Crippen LogP contribution in [0.2, 0.25) is 0 Å². The number of ketones is 2. The molecule has 14 heavy (non-hydrogen) atoms. The van der Waals surface area contributed by atoms with Gasteiger partial charge in [0.05, 0.1) is 6.42 Å². The number of hydrogen-bond acceptors (Lipinski definition) is 5. The standard InChI is InChI=1S/C7H8O7/c1-3(8)5(11)7(14,6(12)13)2-4(9)10/h14H,2H2,1H3,(H,9,10)(H,12,13). The van der Waals surface area contributed by atoms with Crippen molar-refractivity contribution in [3.8, 4) is 0 Å². The fraction of sp³-hybridized carbons (Fsp3) is 0.429. The second kappa shape index (κ2) is 3.97. The number of aliphatic carboxylic acids is 2. The molecule has 0 bridgehead atoms. The highest BCUT2D eigenvalue weighted by molar-refractivity contribution is 6.43. The fourth-order valence-electron chi connectivity index (χ4n) is 0.763. The lowest BCUT2D eigenvalue weighted by Crippen LogP contribution is -2.50. The maximum Gasteiger partial charge on any atom is 0.344 e. The van der Waals surface area contributed by atoms with E-state index in [0.29, 0.717) is 0 Å². The third-order valence-corrected chi connectivity index (χ3v) is 1.46. The topological polar surface area (TPSA) is 129 Å². The Hall–Kier alpha value is -1.76. The fourth-order valence-corrected chi connectivity index (χ4v) is 0.763. The molecule has 1 atom stereocenters. The molecule has 7 heteroatoms. The molecule has 0 radical (unpaired) electrons. The van der Waals surface area contributed by atoms with Gasteiger partial charge < -0.3 is 15.3 Å². The van der Waals surface area contributed by atoms with Gasteiger partial charge in [-0.2, -0.15) is 0 Å². The van der Waals surface area contributed by atoms with Gasteiger partial charge in [0.1, 0.15) is 0 Å². The van der Waals surface area contributed by atoms with Gasteiger partial charge in [-0.15, -0.1) is 0 Å². The van der Waals surface area contributed by atoms with Crippen molar-refractivity contribution in [3.63, 3.8) is 0 Å². The number of hydrogen-bond donors (Lipinski definition) is 3. The molecular formula is C7H8O7. The van der Waals surface area contributed by atoms with Crippen molar-refractivity contribution >= 4 is 23.5 Å². The van der Waals surface area contributed by atoms with Crippen LogP contribution in [0, 0.1) is 0 Å². The van der Waals surface area contributed by atoms with Gasteiger partial charge in [-0.1, -0.05) is 0 Å². The molecule has 0 saturated carbocycles. The van der Waals surface area contributed by atoms with Crippen LogP contribution < -0.4 is 0 Å². The minimum Gasteiger partial charge on any atom is -0.481 e. The van der Waals surface area contributed by atoms with Crippen LogP contribution >= 0.6 is 0 Å². The molecule has 0 aliphatic heterocycles. The Morgan fingerprint density at radius 3 is 1.79 bits per heavy atom. The summed E-state index contributed by atoms with van der Waals surface area (Å²) in [5.41, 5.74) is -3.17. The monoisotopic (exact) mass is 204 g/mol. The minimum absolute atomic E-state index is 0.748. The quantitative estimate of drug-likeness (QED) is 0.364. The number of carboxylic acids is 2. The lowest BCUT2D eigenvalue weighted by molar-refractivity contribution is -0.172. The van der Waals surface area contributed by atoms with Crippen LogP contribution in [0.15, 0.2) is 0 Å². The van der Waals surface area contributed by atoms with Crippen molar-refractivity contribution in [2.24, 2.45) is 0 Å². The van der Waals surface area contributed by atoms with Crippen LogP contribution in [0.5, 0.6) is 0 Å². The Bertz CT molecular complexity index is 305. The van der Waals surface area contributed by atoms with Crippen LogP contribution in [0.1, 0.15) is 13.3 Å². The minimum atomic E-state index is -3.17. The van der Waals surface area contributed by atoms with E-state index in [-0.39, 0.29) is 0 Å². The molecule has 78 valence electrons. The van der Waals surface area contributed by atoms with Gasteiger partial charge in [-0.05, 0) is 0 Å². The molecule has 0 saturated heterocycles. The predicted molar refractivity (Wildman–Crippen MR) is 40.5 cm³/mol. The third-order valence-electron chi connectivity index (χ3n) is 1.46. The highest BCUT2D eigenvalue weighted by Gasteiger charge is 2.48. The largest absolute Gasteiger partial charge is 0.481 e. The summed E-state index contributed by atoms with van der Waals surface area (Å²) in [5, 5.41) is 25.8. The van der Waals surface area contributed by atoms with Crippen molar-refractivity contribution < 1.29 is 34.5 Å². The number of Topliss-reactive ketones (excluding diaryl/α,β-unsaturated/α-hetero) is 2. The Labute approximate surface area is 78.0 Å². The van der Waals surface area contributed by atoms with E-state index in [9.17, 15) is 19.2 Å². The van der Waals surface area contributed by atoms with E-state index in [1.54, 1.807) is 0 Å². The SMILES string of the molecule is CC(=O)C(=O)C(O)(CC(=O)O)C(=O)O. The normalized spacial score (nSPS) is 14.1.